The summed E-state index contributed by atoms with van der Waals surface area (Å²) in [6, 6.07) is 5.25. The Hall–Kier alpha value is -1.91. The first-order valence-electron chi connectivity index (χ1n) is 4.83. The third-order valence-electron chi connectivity index (χ3n) is 2.16. The molecule has 5 heteroatoms. The molecule has 1 aromatic carbocycles. The Morgan fingerprint density at radius 1 is 1.56 bits per heavy atom. The van der Waals surface area contributed by atoms with Crippen LogP contribution in [0, 0.1) is 5.82 Å². The largest absolute Gasteiger partial charge is 0.357 e. The summed E-state index contributed by atoms with van der Waals surface area (Å²) in [4.78, 5) is 21.7. The fourth-order valence-corrected chi connectivity index (χ4v) is 1.38. The average molecular weight is 224 g/mol. The second-order valence-electron chi connectivity index (χ2n) is 3.29. The van der Waals surface area contributed by atoms with Gasteiger partial charge in [0.1, 0.15) is 11.9 Å². The lowest BCUT2D eigenvalue weighted by Gasteiger charge is -2.14. The van der Waals surface area contributed by atoms with E-state index >= 15 is 0 Å². The molecule has 0 unspecified atom stereocenters. The fraction of sp³-hybridized carbons (Fsp3) is 0.273. The molecule has 16 heavy (non-hydrogen) atoms. The highest BCUT2D eigenvalue weighted by atomic mass is 19.1. The Kier molecular flexibility index (Phi) is 4.44. The van der Waals surface area contributed by atoms with E-state index in [0.717, 1.165) is 0 Å². The van der Waals surface area contributed by atoms with Gasteiger partial charge in [-0.2, -0.15) is 0 Å². The van der Waals surface area contributed by atoms with E-state index < -0.39 is 6.04 Å². The van der Waals surface area contributed by atoms with Crippen LogP contribution in [0.2, 0.25) is 0 Å². The number of hydrogen-bond donors (Lipinski definition) is 2. The Bertz CT molecular complexity index is 382. The zero-order valence-corrected chi connectivity index (χ0v) is 8.87. The van der Waals surface area contributed by atoms with Crippen LogP contribution in [0.15, 0.2) is 24.3 Å². The van der Waals surface area contributed by atoms with Crippen molar-refractivity contribution in [1.82, 2.24) is 10.6 Å². The first-order chi connectivity index (χ1) is 7.67. The van der Waals surface area contributed by atoms with Gasteiger partial charge >= 0.3 is 0 Å². The van der Waals surface area contributed by atoms with Crippen molar-refractivity contribution in [3.05, 3.63) is 35.6 Å². The summed E-state index contributed by atoms with van der Waals surface area (Å²) in [6.07, 6.45) is 0.718. The molecule has 0 aromatic heterocycles. The molecule has 0 saturated carbocycles. The van der Waals surface area contributed by atoms with Gasteiger partial charge in [-0.05, 0) is 17.7 Å². The van der Waals surface area contributed by atoms with Gasteiger partial charge in [0.25, 0.3) is 0 Å². The number of likely N-dealkylation sites (N-methyl/N-ethyl adjacent to an activating group) is 1. The van der Waals surface area contributed by atoms with Gasteiger partial charge in [0, 0.05) is 13.5 Å². The molecule has 0 fully saturated rings. The summed E-state index contributed by atoms with van der Waals surface area (Å²) in [6.45, 7) is 0. The maximum absolute atomic E-state index is 12.9. The van der Waals surface area contributed by atoms with E-state index in [9.17, 15) is 14.0 Å². The number of rotatable bonds is 5. The van der Waals surface area contributed by atoms with Crippen molar-refractivity contribution < 1.29 is 14.0 Å². The first kappa shape index (κ1) is 12.2. The highest BCUT2D eigenvalue weighted by Gasteiger charge is 2.16. The molecular formula is C11H13FN2O2. The van der Waals surface area contributed by atoms with Crippen molar-refractivity contribution in [3.8, 4) is 0 Å². The van der Waals surface area contributed by atoms with Crippen molar-refractivity contribution in [2.75, 3.05) is 7.05 Å². The van der Waals surface area contributed by atoms with Crippen molar-refractivity contribution in [3.63, 3.8) is 0 Å². The average Bonchev–Trinajstić information content (AvgIpc) is 2.27. The van der Waals surface area contributed by atoms with Crippen LogP contribution in [0.5, 0.6) is 0 Å². The number of carbonyl (C=O) groups is 2. The Morgan fingerprint density at radius 3 is 2.88 bits per heavy atom. The third kappa shape index (κ3) is 3.34. The second-order valence-corrected chi connectivity index (χ2v) is 3.29. The molecule has 86 valence electrons. The smallest absolute Gasteiger partial charge is 0.242 e. The minimum atomic E-state index is -0.677. The van der Waals surface area contributed by atoms with Crippen molar-refractivity contribution in [2.45, 2.75) is 12.5 Å². The predicted octanol–water partition coefficient (Wildman–Crippen LogP) is 0.229. The van der Waals surface area contributed by atoms with E-state index in [4.69, 9.17) is 0 Å². The van der Waals surface area contributed by atoms with Crippen LogP contribution in [0.25, 0.3) is 0 Å². The van der Waals surface area contributed by atoms with Gasteiger partial charge < -0.3 is 10.6 Å². The van der Waals surface area contributed by atoms with Gasteiger partial charge in [-0.1, -0.05) is 12.1 Å². The standard InChI is InChI=1S/C11H13FN2O2/c1-13-11(16)10(14-7-15)6-8-3-2-4-9(12)5-8/h2-5,7,10H,6H2,1H3,(H,13,16)(H,14,15)/t10-/m0/s1. The molecule has 4 nitrogen and oxygen atoms in total. The van der Waals surface area contributed by atoms with Crippen molar-refractivity contribution >= 4 is 12.3 Å². The lowest BCUT2D eigenvalue weighted by molar-refractivity contribution is -0.124. The van der Waals surface area contributed by atoms with Crippen molar-refractivity contribution in [1.29, 1.82) is 0 Å². The molecule has 1 atom stereocenters. The number of hydrogen-bond acceptors (Lipinski definition) is 2. The van der Waals surface area contributed by atoms with Gasteiger partial charge in [-0.3, -0.25) is 9.59 Å². The summed E-state index contributed by atoms with van der Waals surface area (Å²) in [5.41, 5.74) is 0.656. The third-order valence-corrected chi connectivity index (χ3v) is 2.16. The van der Waals surface area contributed by atoms with Gasteiger partial charge in [0.15, 0.2) is 0 Å². The van der Waals surface area contributed by atoms with Crippen LogP contribution in [0.4, 0.5) is 4.39 Å². The normalized spacial score (nSPS) is 11.6. The predicted molar refractivity (Wildman–Crippen MR) is 57.2 cm³/mol. The lowest BCUT2D eigenvalue weighted by atomic mass is 10.1. The molecular weight excluding hydrogens is 211 g/mol. The molecule has 0 radical (unpaired) electrons. The van der Waals surface area contributed by atoms with Gasteiger partial charge in [-0.25, -0.2) is 4.39 Å². The number of amides is 2. The zero-order chi connectivity index (χ0) is 12.0. The first-order valence-corrected chi connectivity index (χ1v) is 4.83. The van der Waals surface area contributed by atoms with Crippen LogP contribution in [0.3, 0.4) is 0 Å². The summed E-state index contributed by atoms with van der Waals surface area (Å²) in [5.74, 6) is -0.671. The Labute approximate surface area is 92.8 Å². The van der Waals surface area contributed by atoms with Crippen LogP contribution in [0.1, 0.15) is 5.56 Å². The van der Waals surface area contributed by atoms with Gasteiger partial charge in [0.05, 0.1) is 0 Å². The molecule has 2 N–H and O–H groups in total. The summed E-state index contributed by atoms with van der Waals surface area (Å²) in [5, 5.41) is 4.82. The van der Waals surface area contributed by atoms with E-state index in [1.165, 1.54) is 19.2 Å². The summed E-state index contributed by atoms with van der Waals surface area (Å²) in [7, 11) is 1.48. The van der Waals surface area contributed by atoms with E-state index in [2.05, 4.69) is 10.6 Å². The maximum atomic E-state index is 12.9. The number of halogens is 1. The molecule has 0 bridgehead atoms. The summed E-state index contributed by atoms with van der Waals surface area (Å²) >= 11 is 0. The minimum Gasteiger partial charge on any atom is -0.357 e. The van der Waals surface area contributed by atoms with Crippen LogP contribution < -0.4 is 10.6 Å². The number of carbonyl (C=O) groups excluding carboxylic acids is 2. The van der Waals surface area contributed by atoms with E-state index in [0.29, 0.717) is 12.0 Å². The molecule has 1 aromatic rings. The molecule has 0 aliphatic carbocycles. The maximum Gasteiger partial charge on any atom is 0.242 e. The van der Waals surface area contributed by atoms with E-state index in [-0.39, 0.29) is 18.1 Å². The molecule has 0 aliphatic rings. The van der Waals surface area contributed by atoms with E-state index in [1.54, 1.807) is 12.1 Å². The second kappa shape index (κ2) is 5.85. The highest BCUT2D eigenvalue weighted by molar-refractivity contribution is 5.83. The Balaban J connectivity index is 2.74. The SMILES string of the molecule is CNC(=O)[C@H](Cc1cccc(F)c1)NC=O. The van der Waals surface area contributed by atoms with Crippen LogP contribution in [-0.2, 0) is 16.0 Å². The van der Waals surface area contributed by atoms with Crippen LogP contribution in [-0.4, -0.2) is 25.4 Å². The van der Waals surface area contributed by atoms with Crippen LogP contribution >= 0.6 is 0 Å². The zero-order valence-electron chi connectivity index (χ0n) is 8.87. The molecule has 1 rings (SSSR count). The van der Waals surface area contributed by atoms with Gasteiger partial charge in [0.2, 0.25) is 12.3 Å². The fourth-order valence-electron chi connectivity index (χ4n) is 1.38. The van der Waals surface area contributed by atoms with Gasteiger partial charge in [-0.15, -0.1) is 0 Å². The molecule has 0 heterocycles. The lowest BCUT2D eigenvalue weighted by Crippen LogP contribution is -2.43. The minimum absolute atomic E-state index is 0.260. The molecule has 0 saturated heterocycles. The Morgan fingerprint density at radius 2 is 2.31 bits per heavy atom. The van der Waals surface area contributed by atoms with E-state index in [1.807, 2.05) is 0 Å². The monoisotopic (exact) mass is 224 g/mol. The molecule has 0 aliphatic heterocycles. The summed E-state index contributed by atoms with van der Waals surface area (Å²) < 4.78 is 12.9. The number of benzene rings is 1. The highest BCUT2D eigenvalue weighted by Crippen LogP contribution is 2.06. The quantitative estimate of drug-likeness (QED) is 0.703. The topological polar surface area (TPSA) is 58.2 Å². The number of nitrogens with one attached hydrogen (secondary N) is 2. The molecule has 0 spiro atoms. The van der Waals surface area contributed by atoms with Crippen molar-refractivity contribution in [2.24, 2.45) is 0 Å². The molecule has 2 amide bonds.